The maximum atomic E-state index is 12.8. The first-order chi connectivity index (χ1) is 14.5. The Labute approximate surface area is 178 Å². The minimum absolute atomic E-state index is 0.0894. The first-order valence-corrected chi connectivity index (χ1v) is 10.3. The smallest absolute Gasteiger partial charge is 0.330 e. The molecule has 6 nitrogen and oxygen atoms in total. The summed E-state index contributed by atoms with van der Waals surface area (Å²) in [4.78, 5) is 34.9. The number of amides is 1. The van der Waals surface area contributed by atoms with Gasteiger partial charge in [-0.1, -0.05) is 24.3 Å². The van der Waals surface area contributed by atoms with Gasteiger partial charge in [-0.15, -0.1) is 11.8 Å². The SMILES string of the molecule is CCOC(=O)/C=C/c1ccc(NC(=O)COC(=O)CSCc2ccc(F)cc2)cc1. The molecule has 1 amide bonds. The zero-order valence-electron chi connectivity index (χ0n) is 16.4. The van der Waals surface area contributed by atoms with Crippen molar-refractivity contribution in [1.29, 1.82) is 0 Å². The number of ether oxygens (including phenoxy) is 2. The highest BCUT2D eigenvalue weighted by atomic mass is 32.2. The van der Waals surface area contributed by atoms with E-state index in [0.717, 1.165) is 11.1 Å². The first kappa shape index (κ1) is 23.2. The number of carbonyl (C=O) groups excluding carboxylic acids is 3. The van der Waals surface area contributed by atoms with Gasteiger partial charge in [0.25, 0.3) is 5.91 Å². The van der Waals surface area contributed by atoms with Gasteiger partial charge in [0.1, 0.15) is 5.82 Å². The summed E-state index contributed by atoms with van der Waals surface area (Å²) < 4.78 is 22.6. The highest BCUT2D eigenvalue weighted by Crippen LogP contribution is 2.13. The monoisotopic (exact) mass is 431 g/mol. The van der Waals surface area contributed by atoms with Crippen molar-refractivity contribution in [2.75, 3.05) is 24.3 Å². The molecule has 0 aromatic heterocycles. The number of anilines is 1. The predicted molar refractivity (Wildman–Crippen MR) is 114 cm³/mol. The molecule has 0 heterocycles. The van der Waals surface area contributed by atoms with Gasteiger partial charge < -0.3 is 14.8 Å². The molecular weight excluding hydrogens is 409 g/mol. The summed E-state index contributed by atoms with van der Waals surface area (Å²) >= 11 is 1.32. The summed E-state index contributed by atoms with van der Waals surface area (Å²) in [7, 11) is 0. The Morgan fingerprint density at radius 2 is 1.73 bits per heavy atom. The minimum Gasteiger partial charge on any atom is -0.463 e. The van der Waals surface area contributed by atoms with Crippen LogP contribution in [-0.2, 0) is 29.6 Å². The van der Waals surface area contributed by atoms with Crippen LogP contribution in [0.15, 0.2) is 54.6 Å². The number of esters is 2. The van der Waals surface area contributed by atoms with Crippen LogP contribution in [0.3, 0.4) is 0 Å². The molecule has 0 unspecified atom stereocenters. The van der Waals surface area contributed by atoms with E-state index in [1.165, 1.54) is 30.0 Å². The Morgan fingerprint density at radius 1 is 1.03 bits per heavy atom. The van der Waals surface area contributed by atoms with Gasteiger partial charge >= 0.3 is 11.9 Å². The van der Waals surface area contributed by atoms with Gasteiger partial charge in [0.2, 0.25) is 0 Å². The fraction of sp³-hybridized carbons (Fsp3) is 0.227. The summed E-state index contributed by atoms with van der Waals surface area (Å²) in [5.41, 5.74) is 2.20. The van der Waals surface area contributed by atoms with Crippen molar-refractivity contribution >= 4 is 41.4 Å². The Hall–Kier alpha value is -3.13. The van der Waals surface area contributed by atoms with Crippen molar-refractivity contribution in [3.05, 3.63) is 71.6 Å². The average Bonchev–Trinajstić information content (AvgIpc) is 2.73. The van der Waals surface area contributed by atoms with Crippen molar-refractivity contribution in [2.24, 2.45) is 0 Å². The summed E-state index contributed by atoms with van der Waals surface area (Å²) in [6.45, 7) is 1.65. The van der Waals surface area contributed by atoms with Gasteiger partial charge in [-0.05, 0) is 48.4 Å². The second-order valence-electron chi connectivity index (χ2n) is 6.04. The standard InChI is InChI=1S/C22H22FNO5S/c1-2-28-21(26)12-7-16-5-10-19(11-6-16)24-20(25)13-29-22(27)15-30-14-17-3-8-18(23)9-4-17/h3-12H,2,13-15H2,1H3,(H,24,25)/b12-7+. The Balaban J connectivity index is 1.67. The van der Waals surface area contributed by atoms with Crippen LogP contribution in [0.5, 0.6) is 0 Å². The normalized spacial score (nSPS) is 10.6. The van der Waals surface area contributed by atoms with Crippen molar-refractivity contribution < 1.29 is 28.2 Å². The Morgan fingerprint density at radius 3 is 2.40 bits per heavy atom. The molecule has 0 atom stereocenters. The van der Waals surface area contributed by atoms with E-state index in [-0.39, 0.29) is 18.2 Å². The number of hydrogen-bond acceptors (Lipinski definition) is 6. The van der Waals surface area contributed by atoms with Crippen molar-refractivity contribution in [1.82, 2.24) is 0 Å². The molecule has 0 spiro atoms. The molecule has 0 aliphatic carbocycles. The lowest BCUT2D eigenvalue weighted by Crippen LogP contribution is -2.21. The maximum absolute atomic E-state index is 12.8. The van der Waals surface area contributed by atoms with E-state index in [1.807, 2.05) is 0 Å². The second kappa shape index (κ2) is 12.4. The number of hydrogen-bond donors (Lipinski definition) is 1. The fourth-order valence-electron chi connectivity index (χ4n) is 2.25. The molecule has 1 N–H and O–H groups in total. The molecule has 0 radical (unpaired) electrons. The van der Waals surface area contributed by atoms with Crippen LogP contribution in [-0.4, -0.2) is 36.8 Å². The number of carbonyl (C=O) groups is 3. The van der Waals surface area contributed by atoms with Crippen LogP contribution in [0.2, 0.25) is 0 Å². The van der Waals surface area contributed by atoms with E-state index in [4.69, 9.17) is 9.47 Å². The quantitative estimate of drug-likeness (QED) is 0.455. The largest absolute Gasteiger partial charge is 0.463 e. The molecule has 30 heavy (non-hydrogen) atoms. The summed E-state index contributed by atoms with van der Waals surface area (Å²) in [6, 6.07) is 12.8. The third kappa shape index (κ3) is 8.91. The molecule has 2 aromatic carbocycles. The third-order valence-corrected chi connectivity index (χ3v) is 4.64. The molecular formula is C22H22FNO5S. The lowest BCUT2D eigenvalue weighted by molar-refractivity contribution is -0.144. The number of halogens is 1. The van der Waals surface area contributed by atoms with Crippen LogP contribution < -0.4 is 5.32 Å². The summed E-state index contributed by atoms with van der Waals surface area (Å²) in [6.07, 6.45) is 2.93. The van der Waals surface area contributed by atoms with Crippen molar-refractivity contribution in [3.8, 4) is 0 Å². The zero-order valence-corrected chi connectivity index (χ0v) is 17.2. The number of rotatable bonds is 10. The molecule has 158 valence electrons. The van der Waals surface area contributed by atoms with E-state index >= 15 is 0 Å². The molecule has 8 heteroatoms. The van der Waals surface area contributed by atoms with Crippen molar-refractivity contribution in [2.45, 2.75) is 12.7 Å². The number of nitrogens with one attached hydrogen (secondary N) is 1. The molecule has 0 aliphatic rings. The lowest BCUT2D eigenvalue weighted by atomic mass is 10.2. The van der Waals surface area contributed by atoms with Crippen LogP contribution in [0.4, 0.5) is 10.1 Å². The van der Waals surface area contributed by atoms with Crippen LogP contribution >= 0.6 is 11.8 Å². The predicted octanol–water partition coefficient (Wildman–Crippen LogP) is 3.82. The molecule has 0 fully saturated rings. The second-order valence-corrected chi connectivity index (χ2v) is 7.02. The zero-order chi connectivity index (χ0) is 21.8. The van der Waals surface area contributed by atoms with Gasteiger partial charge in [-0.3, -0.25) is 9.59 Å². The first-order valence-electron chi connectivity index (χ1n) is 9.19. The van der Waals surface area contributed by atoms with Gasteiger partial charge in [-0.2, -0.15) is 0 Å². The fourth-order valence-corrected chi connectivity index (χ4v) is 3.03. The average molecular weight is 431 g/mol. The van der Waals surface area contributed by atoms with E-state index < -0.39 is 17.8 Å². The van der Waals surface area contributed by atoms with Gasteiger partial charge in [-0.25, -0.2) is 9.18 Å². The van der Waals surface area contributed by atoms with E-state index in [1.54, 1.807) is 49.4 Å². The molecule has 0 aliphatic heterocycles. The molecule has 2 rings (SSSR count). The van der Waals surface area contributed by atoms with Gasteiger partial charge in [0.15, 0.2) is 6.61 Å². The number of thioether (sulfide) groups is 1. The van der Waals surface area contributed by atoms with Crippen LogP contribution in [0.1, 0.15) is 18.1 Å². The topological polar surface area (TPSA) is 81.7 Å². The van der Waals surface area contributed by atoms with Crippen LogP contribution in [0.25, 0.3) is 6.08 Å². The van der Waals surface area contributed by atoms with Crippen LogP contribution in [0, 0.1) is 5.82 Å². The molecule has 0 saturated carbocycles. The van der Waals surface area contributed by atoms with E-state index in [9.17, 15) is 18.8 Å². The highest BCUT2D eigenvalue weighted by Gasteiger charge is 2.08. The summed E-state index contributed by atoms with van der Waals surface area (Å²) in [5.74, 6) is -1.06. The molecule has 0 saturated heterocycles. The molecule has 0 bridgehead atoms. The third-order valence-electron chi connectivity index (χ3n) is 3.66. The van der Waals surface area contributed by atoms with Crippen molar-refractivity contribution in [3.63, 3.8) is 0 Å². The number of benzene rings is 2. The van der Waals surface area contributed by atoms with Gasteiger partial charge in [0.05, 0.1) is 12.4 Å². The lowest BCUT2D eigenvalue weighted by Gasteiger charge is -2.07. The van der Waals surface area contributed by atoms with E-state index in [2.05, 4.69) is 5.32 Å². The minimum atomic E-state index is -0.503. The molecule has 2 aromatic rings. The Bertz CT molecular complexity index is 881. The maximum Gasteiger partial charge on any atom is 0.330 e. The van der Waals surface area contributed by atoms with Gasteiger partial charge in [0, 0.05) is 17.5 Å². The Kier molecular flexibility index (Phi) is 9.60. The highest BCUT2D eigenvalue weighted by molar-refractivity contribution is 7.99. The van der Waals surface area contributed by atoms with E-state index in [0.29, 0.717) is 18.0 Å². The summed E-state index contributed by atoms with van der Waals surface area (Å²) in [5, 5.41) is 2.62.